The molecule has 0 aliphatic heterocycles. The molecule has 3 N–H and O–H groups in total. The summed E-state index contributed by atoms with van der Waals surface area (Å²) in [5, 5.41) is 10.5. The maximum absolute atomic E-state index is 11.6. The molecule has 0 bridgehead atoms. The number of carbonyl (C=O) groups is 1. The van der Waals surface area contributed by atoms with Crippen LogP contribution < -0.4 is 11.2 Å². The third-order valence-electron chi connectivity index (χ3n) is 2.36. The quantitative estimate of drug-likeness (QED) is 0.647. The first-order chi connectivity index (χ1) is 9.66. The number of anilines is 1. The number of nitrogens with one attached hydrogen (secondary N) is 1. The van der Waals surface area contributed by atoms with Gasteiger partial charge >= 0.3 is 0 Å². The highest BCUT2D eigenvalue weighted by Crippen LogP contribution is 2.05. The van der Waals surface area contributed by atoms with Crippen LogP contribution in [0.5, 0.6) is 0 Å². The van der Waals surface area contributed by atoms with Crippen LogP contribution in [0.4, 0.5) is 5.82 Å². The molecule has 0 aliphatic carbocycles. The van der Waals surface area contributed by atoms with E-state index in [1.54, 1.807) is 0 Å². The molecule has 1 aromatic carbocycles. The molecule has 0 fully saturated rings. The molecule has 0 spiro atoms. The van der Waals surface area contributed by atoms with E-state index in [1.165, 1.54) is 6.21 Å². The average molecular weight is 271 g/mol. The lowest BCUT2D eigenvalue weighted by Gasteiger charge is -1.96. The van der Waals surface area contributed by atoms with E-state index in [9.17, 15) is 4.79 Å². The fraction of sp³-hybridized carbons (Fsp3) is 0.0769. The first-order valence-corrected chi connectivity index (χ1v) is 5.81. The molecular weight excluding hydrogens is 258 g/mol. The standard InChI is InChI=1S/C13H13N5O2/c1-9(7-10-5-3-2-4-6-10)8-15-16-13(19)11-12(14)18-20-17-11/h2-8H,1H3,(H2,14,18)(H,16,19)/b9-7+,15-8?. The molecule has 0 atom stereocenters. The molecule has 0 unspecified atom stereocenters. The monoisotopic (exact) mass is 271 g/mol. The van der Waals surface area contributed by atoms with Gasteiger partial charge in [-0.2, -0.15) is 5.10 Å². The van der Waals surface area contributed by atoms with Crippen LogP contribution >= 0.6 is 0 Å². The Labute approximate surface area is 115 Å². The van der Waals surface area contributed by atoms with Crippen LogP contribution in [0, 0.1) is 0 Å². The van der Waals surface area contributed by atoms with Gasteiger partial charge < -0.3 is 5.73 Å². The first kappa shape index (κ1) is 13.5. The average Bonchev–Trinajstić information content (AvgIpc) is 2.86. The molecule has 1 heterocycles. The second-order valence-electron chi connectivity index (χ2n) is 4.00. The molecule has 0 saturated carbocycles. The van der Waals surface area contributed by atoms with E-state index in [1.807, 2.05) is 43.3 Å². The van der Waals surface area contributed by atoms with Gasteiger partial charge in [0.1, 0.15) is 0 Å². The van der Waals surface area contributed by atoms with Crippen molar-refractivity contribution < 1.29 is 9.42 Å². The Hall–Kier alpha value is -2.96. The normalized spacial score (nSPS) is 11.8. The van der Waals surface area contributed by atoms with Crippen molar-refractivity contribution in [3.8, 4) is 0 Å². The summed E-state index contributed by atoms with van der Waals surface area (Å²) in [4.78, 5) is 11.6. The van der Waals surface area contributed by atoms with Gasteiger partial charge in [0.05, 0.1) is 6.21 Å². The van der Waals surface area contributed by atoms with Crippen molar-refractivity contribution >= 4 is 24.0 Å². The smallest absolute Gasteiger partial charge is 0.297 e. The number of nitrogens with two attached hydrogens (primary N) is 1. The highest BCUT2D eigenvalue weighted by atomic mass is 16.6. The van der Waals surface area contributed by atoms with E-state index in [0.29, 0.717) is 0 Å². The number of hydrogen-bond acceptors (Lipinski definition) is 6. The molecule has 1 amide bonds. The van der Waals surface area contributed by atoms with Gasteiger partial charge in [-0.3, -0.25) is 4.79 Å². The van der Waals surface area contributed by atoms with Crippen molar-refractivity contribution in [2.75, 3.05) is 5.73 Å². The lowest BCUT2D eigenvalue weighted by Crippen LogP contribution is -2.19. The van der Waals surface area contributed by atoms with E-state index < -0.39 is 5.91 Å². The predicted octanol–water partition coefficient (Wildman–Crippen LogP) is 1.47. The molecule has 7 nitrogen and oxygen atoms in total. The van der Waals surface area contributed by atoms with Crippen LogP contribution in [0.3, 0.4) is 0 Å². The van der Waals surface area contributed by atoms with Gasteiger partial charge in [-0.25, -0.2) is 10.1 Å². The summed E-state index contributed by atoms with van der Waals surface area (Å²) in [6.45, 7) is 1.87. The highest BCUT2D eigenvalue weighted by Gasteiger charge is 2.14. The van der Waals surface area contributed by atoms with Gasteiger partial charge in [0.15, 0.2) is 0 Å². The first-order valence-electron chi connectivity index (χ1n) is 5.81. The van der Waals surface area contributed by atoms with Crippen LogP contribution in [-0.2, 0) is 0 Å². The van der Waals surface area contributed by atoms with Gasteiger partial charge in [0, 0.05) is 0 Å². The molecule has 1 aromatic heterocycles. The number of hydrazone groups is 1. The van der Waals surface area contributed by atoms with Gasteiger partial charge in [0.25, 0.3) is 5.91 Å². The van der Waals surface area contributed by atoms with Crippen LogP contribution in [0.25, 0.3) is 6.08 Å². The zero-order chi connectivity index (χ0) is 14.4. The number of nitrogen functional groups attached to an aromatic ring is 1. The molecule has 102 valence electrons. The summed E-state index contributed by atoms with van der Waals surface area (Å²) in [5.74, 6) is -0.651. The molecule has 2 rings (SSSR count). The number of nitrogens with zero attached hydrogens (tertiary/aromatic N) is 3. The molecule has 0 radical (unpaired) electrons. The van der Waals surface area contributed by atoms with Crippen LogP contribution in [-0.4, -0.2) is 22.4 Å². The van der Waals surface area contributed by atoms with E-state index in [0.717, 1.165) is 11.1 Å². The third kappa shape index (κ3) is 3.52. The Balaban J connectivity index is 1.95. The Bertz CT molecular complexity index is 646. The Kier molecular flexibility index (Phi) is 4.23. The van der Waals surface area contributed by atoms with Crippen LogP contribution in [0.2, 0.25) is 0 Å². The summed E-state index contributed by atoms with van der Waals surface area (Å²) < 4.78 is 4.32. The second kappa shape index (κ2) is 6.28. The molecular formula is C13H13N5O2. The van der Waals surface area contributed by atoms with E-state index in [4.69, 9.17) is 5.73 Å². The van der Waals surface area contributed by atoms with Crippen molar-refractivity contribution in [3.63, 3.8) is 0 Å². The minimum atomic E-state index is -0.576. The summed E-state index contributed by atoms with van der Waals surface area (Å²) in [7, 11) is 0. The summed E-state index contributed by atoms with van der Waals surface area (Å²) in [6.07, 6.45) is 3.45. The zero-order valence-electron chi connectivity index (χ0n) is 10.8. The number of allylic oxidation sites excluding steroid dienone is 1. The Morgan fingerprint density at radius 3 is 2.75 bits per heavy atom. The maximum atomic E-state index is 11.6. The van der Waals surface area contributed by atoms with Crippen LogP contribution in [0.1, 0.15) is 23.0 Å². The van der Waals surface area contributed by atoms with Gasteiger partial charge in [-0.05, 0) is 28.4 Å². The number of carbonyl (C=O) groups excluding carboxylic acids is 1. The second-order valence-corrected chi connectivity index (χ2v) is 4.00. The Morgan fingerprint density at radius 1 is 1.35 bits per heavy atom. The van der Waals surface area contributed by atoms with Gasteiger partial charge in [-0.1, -0.05) is 36.4 Å². The molecule has 0 saturated heterocycles. The number of rotatable bonds is 4. The number of amides is 1. The minimum Gasteiger partial charge on any atom is -0.379 e. The molecule has 0 aliphatic rings. The van der Waals surface area contributed by atoms with Crippen LogP contribution in [0.15, 0.2) is 45.6 Å². The Morgan fingerprint density at radius 2 is 2.10 bits per heavy atom. The maximum Gasteiger partial charge on any atom is 0.297 e. The molecule has 7 heteroatoms. The number of aromatic nitrogens is 2. The number of hydrogen-bond donors (Lipinski definition) is 2. The van der Waals surface area contributed by atoms with Crippen molar-refractivity contribution in [2.45, 2.75) is 6.92 Å². The van der Waals surface area contributed by atoms with E-state index in [2.05, 4.69) is 25.5 Å². The highest BCUT2D eigenvalue weighted by molar-refractivity contribution is 5.96. The van der Waals surface area contributed by atoms with Crippen molar-refractivity contribution in [3.05, 3.63) is 47.2 Å². The SMILES string of the molecule is C/C(C=NNC(=O)c1nonc1N)=C\c1ccccc1. The largest absolute Gasteiger partial charge is 0.379 e. The van der Waals surface area contributed by atoms with Crippen molar-refractivity contribution in [1.29, 1.82) is 0 Å². The van der Waals surface area contributed by atoms with E-state index in [-0.39, 0.29) is 11.5 Å². The molecule has 2 aromatic rings. The lowest BCUT2D eigenvalue weighted by molar-refractivity contribution is 0.0946. The van der Waals surface area contributed by atoms with Gasteiger partial charge in [0.2, 0.25) is 11.5 Å². The third-order valence-corrected chi connectivity index (χ3v) is 2.36. The number of benzene rings is 1. The fourth-order valence-corrected chi connectivity index (χ4v) is 1.45. The lowest BCUT2D eigenvalue weighted by atomic mass is 10.1. The molecule has 20 heavy (non-hydrogen) atoms. The summed E-state index contributed by atoms with van der Waals surface area (Å²) in [5.41, 5.74) is 9.51. The summed E-state index contributed by atoms with van der Waals surface area (Å²) in [6, 6.07) is 9.77. The van der Waals surface area contributed by atoms with Crippen molar-refractivity contribution in [1.82, 2.24) is 15.7 Å². The van der Waals surface area contributed by atoms with Gasteiger partial charge in [-0.15, -0.1) is 0 Å². The van der Waals surface area contributed by atoms with Crippen molar-refractivity contribution in [2.24, 2.45) is 5.10 Å². The fourth-order valence-electron chi connectivity index (χ4n) is 1.45. The zero-order valence-corrected chi connectivity index (χ0v) is 10.8. The summed E-state index contributed by atoms with van der Waals surface area (Å²) >= 11 is 0. The minimum absolute atomic E-state index is 0.0748. The van der Waals surface area contributed by atoms with E-state index >= 15 is 0 Å². The topological polar surface area (TPSA) is 106 Å². The predicted molar refractivity (Wildman–Crippen MR) is 74.8 cm³/mol.